The highest BCUT2D eigenvalue weighted by Gasteiger charge is 2.16. The predicted molar refractivity (Wildman–Crippen MR) is 73.3 cm³/mol. The van der Waals surface area contributed by atoms with Gasteiger partial charge in [0.2, 0.25) is 11.2 Å². The molecule has 0 aromatic carbocycles. The number of thioether (sulfide) groups is 1. The predicted octanol–water partition coefficient (Wildman–Crippen LogP) is 1.99. The Morgan fingerprint density at radius 1 is 1.28 bits per heavy atom. The van der Waals surface area contributed by atoms with E-state index in [0.29, 0.717) is 11.1 Å². The molecule has 2 heterocycles. The first-order valence-electron chi connectivity index (χ1n) is 6.13. The minimum absolute atomic E-state index is 0.0534. The molecule has 1 aliphatic rings. The summed E-state index contributed by atoms with van der Waals surface area (Å²) in [5, 5.41) is 9.90. The van der Waals surface area contributed by atoms with Gasteiger partial charge in [-0.15, -0.1) is 0 Å². The molecule has 18 heavy (non-hydrogen) atoms. The van der Waals surface area contributed by atoms with Crippen LogP contribution in [0.2, 0.25) is 5.28 Å². The molecule has 1 aliphatic heterocycles. The Hall–Kier alpha value is -0.590. The summed E-state index contributed by atoms with van der Waals surface area (Å²) in [6.45, 7) is 3.95. The number of aliphatic hydroxyl groups is 1. The Morgan fingerprint density at radius 2 is 2.00 bits per heavy atom. The number of aromatic nitrogens is 3. The summed E-state index contributed by atoms with van der Waals surface area (Å²) in [5.41, 5.74) is 0. The van der Waals surface area contributed by atoms with Crippen molar-refractivity contribution in [3.63, 3.8) is 0 Å². The molecular formula is C11H17ClN4OS. The van der Waals surface area contributed by atoms with E-state index < -0.39 is 0 Å². The first-order chi connectivity index (χ1) is 8.69. The number of hydrogen-bond donors (Lipinski definition) is 1. The number of piperidine rings is 1. The minimum Gasteiger partial charge on any atom is -0.395 e. The number of hydrogen-bond acceptors (Lipinski definition) is 6. The summed E-state index contributed by atoms with van der Waals surface area (Å²) in [6, 6.07) is 0. The Kier molecular flexibility index (Phi) is 5.03. The summed E-state index contributed by atoms with van der Waals surface area (Å²) in [6.07, 6.45) is 3.59. The zero-order valence-corrected chi connectivity index (χ0v) is 11.9. The third-order valence-corrected chi connectivity index (χ3v) is 3.89. The second-order valence-electron chi connectivity index (χ2n) is 4.35. The SMILES string of the molecule is CC(CO)Sc1nc(Cl)nc(N2CCCCC2)n1. The van der Waals surface area contributed by atoms with Crippen molar-refractivity contribution in [1.29, 1.82) is 0 Å². The van der Waals surface area contributed by atoms with Crippen LogP contribution in [0.25, 0.3) is 0 Å². The molecule has 1 saturated heterocycles. The number of anilines is 1. The molecule has 0 aliphatic carbocycles. The molecule has 0 saturated carbocycles. The van der Waals surface area contributed by atoms with E-state index in [-0.39, 0.29) is 17.1 Å². The lowest BCUT2D eigenvalue weighted by molar-refractivity contribution is 0.300. The van der Waals surface area contributed by atoms with Crippen molar-refractivity contribution in [2.45, 2.75) is 36.6 Å². The van der Waals surface area contributed by atoms with E-state index in [9.17, 15) is 0 Å². The van der Waals surface area contributed by atoms with Crippen molar-refractivity contribution >= 4 is 29.3 Å². The summed E-state index contributed by atoms with van der Waals surface area (Å²) in [4.78, 5) is 14.8. The summed E-state index contributed by atoms with van der Waals surface area (Å²) in [5.74, 6) is 0.655. The van der Waals surface area contributed by atoms with E-state index in [1.54, 1.807) is 0 Å². The molecule has 1 unspecified atom stereocenters. The van der Waals surface area contributed by atoms with Gasteiger partial charge in [0.25, 0.3) is 0 Å². The molecule has 1 atom stereocenters. The van der Waals surface area contributed by atoms with E-state index >= 15 is 0 Å². The molecule has 0 bridgehead atoms. The van der Waals surface area contributed by atoms with Gasteiger partial charge in [-0.25, -0.2) is 0 Å². The maximum atomic E-state index is 9.05. The first-order valence-corrected chi connectivity index (χ1v) is 7.39. The van der Waals surface area contributed by atoms with E-state index in [2.05, 4.69) is 19.9 Å². The van der Waals surface area contributed by atoms with Gasteiger partial charge < -0.3 is 10.0 Å². The van der Waals surface area contributed by atoms with Gasteiger partial charge in [0, 0.05) is 18.3 Å². The summed E-state index contributed by atoms with van der Waals surface area (Å²) in [7, 11) is 0. The normalized spacial score (nSPS) is 17.8. The van der Waals surface area contributed by atoms with Crippen molar-refractivity contribution in [2.75, 3.05) is 24.6 Å². The van der Waals surface area contributed by atoms with Crippen LogP contribution in [0.15, 0.2) is 5.16 Å². The van der Waals surface area contributed by atoms with Gasteiger partial charge in [0.15, 0.2) is 5.16 Å². The van der Waals surface area contributed by atoms with Crippen molar-refractivity contribution < 1.29 is 5.11 Å². The number of nitrogens with zero attached hydrogens (tertiary/aromatic N) is 4. The molecule has 0 spiro atoms. The van der Waals surface area contributed by atoms with E-state index in [1.807, 2.05) is 6.92 Å². The van der Waals surface area contributed by atoms with Crippen LogP contribution in [0.4, 0.5) is 5.95 Å². The van der Waals surface area contributed by atoms with E-state index in [4.69, 9.17) is 16.7 Å². The van der Waals surface area contributed by atoms with Crippen LogP contribution in [0.1, 0.15) is 26.2 Å². The van der Waals surface area contributed by atoms with Crippen LogP contribution in [0, 0.1) is 0 Å². The van der Waals surface area contributed by atoms with Crippen LogP contribution in [-0.4, -0.2) is 45.0 Å². The maximum absolute atomic E-state index is 9.05. The minimum atomic E-state index is 0.0534. The largest absolute Gasteiger partial charge is 0.395 e. The molecule has 7 heteroatoms. The topological polar surface area (TPSA) is 62.1 Å². The van der Waals surface area contributed by atoms with Crippen LogP contribution < -0.4 is 4.90 Å². The van der Waals surface area contributed by atoms with Crippen LogP contribution in [0.5, 0.6) is 0 Å². The Morgan fingerprint density at radius 3 is 2.67 bits per heavy atom. The Bertz CT molecular complexity index is 401. The van der Waals surface area contributed by atoms with Gasteiger partial charge in [0.05, 0.1) is 6.61 Å². The monoisotopic (exact) mass is 288 g/mol. The van der Waals surface area contributed by atoms with Crippen LogP contribution >= 0.6 is 23.4 Å². The van der Waals surface area contributed by atoms with Gasteiger partial charge in [0.1, 0.15) is 0 Å². The highest BCUT2D eigenvalue weighted by molar-refractivity contribution is 7.99. The van der Waals surface area contributed by atoms with Gasteiger partial charge >= 0.3 is 0 Å². The standard InChI is InChI=1S/C11H17ClN4OS/c1-8(7-17)18-11-14-9(12)13-10(15-11)16-5-3-2-4-6-16/h8,17H,2-7H2,1H3. The molecule has 100 valence electrons. The molecule has 2 rings (SSSR count). The zero-order valence-electron chi connectivity index (χ0n) is 10.3. The van der Waals surface area contributed by atoms with E-state index in [1.165, 1.54) is 31.0 Å². The van der Waals surface area contributed by atoms with Crippen molar-refractivity contribution in [1.82, 2.24) is 15.0 Å². The third kappa shape index (κ3) is 3.70. The van der Waals surface area contributed by atoms with Crippen molar-refractivity contribution in [3.8, 4) is 0 Å². The highest BCUT2D eigenvalue weighted by Crippen LogP contribution is 2.23. The average Bonchev–Trinajstić information content (AvgIpc) is 2.39. The molecule has 5 nitrogen and oxygen atoms in total. The van der Waals surface area contributed by atoms with Gasteiger partial charge in [-0.05, 0) is 30.9 Å². The van der Waals surface area contributed by atoms with Crippen LogP contribution in [0.3, 0.4) is 0 Å². The van der Waals surface area contributed by atoms with E-state index in [0.717, 1.165) is 13.1 Å². The quantitative estimate of drug-likeness (QED) is 0.855. The fourth-order valence-corrected chi connectivity index (χ4v) is 2.74. The lowest BCUT2D eigenvalue weighted by atomic mass is 10.1. The Labute approximate surface area is 116 Å². The van der Waals surface area contributed by atoms with Gasteiger partial charge in [-0.1, -0.05) is 18.7 Å². The summed E-state index contributed by atoms with van der Waals surface area (Å²) < 4.78 is 0. The average molecular weight is 289 g/mol. The molecular weight excluding hydrogens is 272 g/mol. The zero-order chi connectivity index (χ0) is 13.0. The number of halogens is 1. The lowest BCUT2D eigenvalue weighted by Crippen LogP contribution is -2.31. The molecule has 0 radical (unpaired) electrons. The lowest BCUT2D eigenvalue weighted by Gasteiger charge is -2.26. The fourth-order valence-electron chi connectivity index (χ4n) is 1.83. The van der Waals surface area contributed by atoms with Crippen molar-refractivity contribution in [3.05, 3.63) is 5.28 Å². The highest BCUT2D eigenvalue weighted by atomic mass is 35.5. The first kappa shape index (κ1) is 13.8. The molecule has 1 aromatic rings. The number of rotatable bonds is 4. The molecule has 0 amide bonds. The maximum Gasteiger partial charge on any atom is 0.230 e. The third-order valence-electron chi connectivity index (χ3n) is 2.78. The Balaban J connectivity index is 2.14. The molecule has 1 aromatic heterocycles. The molecule has 1 N–H and O–H groups in total. The fraction of sp³-hybridized carbons (Fsp3) is 0.727. The van der Waals surface area contributed by atoms with Gasteiger partial charge in [-0.2, -0.15) is 15.0 Å². The van der Waals surface area contributed by atoms with Crippen molar-refractivity contribution in [2.24, 2.45) is 0 Å². The van der Waals surface area contributed by atoms with Crippen LogP contribution in [-0.2, 0) is 0 Å². The molecule has 1 fully saturated rings. The number of aliphatic hydroxyl groups excluding tert-OH is 1. The smallest absolute Gasteiger partial charge is 0.230 e. The second kappa shape index (κ2) is 6.54. The second-order valence-corrected chi connectivity index (χ2v) is 6.09. The summed E-state index contributed by atoms with van der Waals surface area (Å²) >= 11 is 7.34. The van der Waals surface area contributed by atoms with Gasteiger partial charge in [-0.3, -0.25) is 0 Å².